The van der Waals surface area contributed by atoms with E-state index in [1.807, 2.05) is 163 Å². The highest BCUT2D eigenvalue weighted by atomic mass is 19.2. The van der Waals surface area contributed by atoms with Gasteiger partial charge in [-0.3, -0.25) is 0 Å². The quantitative estimate of drug-likeness (QED) is 0.0781. The van der Waals surface area contributed by atoms with E-state index in [1.54, 1.807) is 24.3 Å². The first-order chi connectivity index (χ1) is 62.5. The van der Waals surface area contributed by atoms with Crippen LogP contribution in [0, 0.1) is 77.0 Å². The van der Waals surface area contributed by atoms with Crippen LogP contribution in [0.2, 0.25) is 0 Å². The molecule has 0 N–H and O–H groups in total. The topological polar surface area (TPSA) is 236 Å². The van der Waals surface area contributed by atoms with Crippen molar-refractivity contribution < 1.29 is 62.3 Å². The monoisotopic (exact) mass is 1770 g/mol. The van der Waals surface area contributed by atoms with Gasteiger partial charge in [0.15, 0.2) is 64.6 Å². The molecule has 20 aromatic rings. The van der Waals surface area contributed by atoms with Crippen LogP contribution < -0.4 is 18.3 Å². The molecule has 0 aliphatic rings. The van der Waals surface area contributed by atoms with Gasteiger partial charge >= 0.3 is 0 Å². The smallest absolute Gasteiger partial charge is 0.232 e. The second-order valence-corrected chi connectivity index (χ2v) is 37.5. The van der Waals surface area contributed by atoms with Gasteiger partial charge in [0, 0.05) is 95.9 Å². The van der Waals surface area contributed by atoms with Gasteiger partial charge in [0.2, 0.25) is 69.4 Å². The molecule has 0 bridgehead atoms. The zero-order valence-electron chi connectivity index (χ0n) is 77.4. The molecule has 5 aromatic carbocycles. The number of rotatable bonds is 8. The maximum atomic E-state index is 14.6. The maximum absolute atomic E-state index is 14.6. The Labute approximate surface area is 757 Å². The Bertz CT molecular complexity index is 7980. The molecular weight excluding hydrogens is 1680 g/mol. The Hall–Kier alpha value is -14.9. The predicted octanol–water partition coefficient (Wildman–Crippen LogP) is 23.0. The molecule has 27 heteroatoms. The van der Waals surface area contributed by atoms with Gasteiger partial charge in [-0.05, 0) is 118 Å². The molecule has 0 saturated carbocycles. The van der Waals surface area contributed by atoms with Crippen molar-refractivity contribution in [2.75, 3.05) is 0 Å². The Morgan fingerprint density at radius 1 is 0.250 bits per heavy atom. The van der Waals surface area contributed by atoms with Gasteiger partial charge in [-0.1, -0.05) is 162 Å². The molecule has 0 unspecified atom stereocenters. The van der Waals surface area contributed by atoms with Gasteiger partial charge in [0.05, 0.1) is 49.7 Å². The van der Waals surface area contributed by atoms with Gasteiger partial charge in [0.25, 0.3) is 0 Å². The molecule has 0 fully saturated rings. The van der Waals surface area contributed by atoms with Crippen LogP contribution in [0.5, 0.6) is 0 Å². The van der Waals surface area contributed by atoms with Crippen LogP contribution >= 0.6 is 0 Å². The van der Waals surface area contributed by atoms with Gasteiger partial charge in [-0.2, -0.15) is 37.5 Å². The summed E-state index contributed by atoms with van der Waals surface area (Å²) in [6.45, 7) is 36.8. The first kappa shape index (κ1) is 89.1. The van der Waals surface area contributed by atoms with E-state index in [1.165, 1.54) is 17.7 Å². The summed E-state index contributed by atoms with van der Waals surface area (Å²) in [6.07, 6.45) is 8.03. The van der Waals surface area contributed by atoms with E-state index < -0.39 is 35.4 Å². The number of pyridine rings is 8. The molecule has 132 heavy (non-hydrogen) atoms. The number of fused-ring (bicyclic) bond motifs is 12. The average Bonchev–Trinajstić information content (AvgIpc) is 1.60. The average molecular weight is 1780 g/mol. The van der Waals surface area contributed by atoms with Crippen LogP contribution in [-0.2, 0) is 49.9 Å². The molecule has 0 atom stereocenters. The van der Waals surface area contributed by atoms with Crippen molar-refractivity contribution in [1.29, 1.82) is 0 Å². The molecule has 0 radical (unpaired) electrons. The van der Waals surface area contributed by atoms with Gasteiger partial charge in [-0.25, -0.2) is 71.9 Å². The van der Waals surface area contributed by atoms with E-state index in [0.29, 0.717) is 68.1 Å². The lowest BCUT2D eigenvalue weighted by Crippen LogP contribution is -2.31. The van der Waals surface area contributed by atoms with Crippen LogP contribution in [0.4, 0.5) is 26.3 Å². The third-order valence-corrected chi connectivity index (χ3v) is 23.1. The summed E-state index contributed by atoms with van der Waals surface area (Å²) in [5, 5.41) is 4.90. The first-order valence-electron chi connectivity index (χ1n) is 43.1. The summed E-state index contributed by atoms with van der Waals surface area (Å²) in [7, 11) is 7.85. The predicted molar refractivity (Wildman–Crippen MR) is 497 cm³/mol. The zero-order valence-corrected chi connectivity index (χ0v) is 77.4. The van der Waals surface area contributed by atoms with Gasteiger partial charge < -0.3 is 17.7 Å². The molecule has 0 spiro atoms. The number of benzene rings is 5. The summed E-state index contributed by atoms with van der Waals surface area (Å²) < 4.78 is 116. The largest absolute Gasteiger partial charge is 0.437 e. The van der Waals surface area contributed by atoms with Crippen LogP contribution in [0.25, 0.3) is 179 Å². The lowest BCUT2D eigenvalue weighted by molar-refractivity contribution is -0.660. The highest BCUT2D eigenvalue weighted by Crippen LogP contribution is 2.44. The Kier molecular flexibility index (Phi) is 22.9. The van der Waals surface area contributed by atoms with E-state index >= 15 is 0 Å². The Morgan fingerprint density at radius 2 is 0.530 bits per heavy atom. The Morgan fingerprint density at radius 3 is 0.856 bits per heavy atom. The number of furan rings is 4. The highest BCUT2D eigenvalue weighted by Gasteiger charge is 2.33. The lowest BCUT2D eigenvalue weighted by Gasteiger charge is -2.22. The molecule has 0 saturated heterocycles. The summed E-state index contributed by atoms with van der Waals surface area (Å²) in [4.78, 5) is 57.3. The SMILES string of the molecule is Cc1ccc2c(oc3nc(F)cc(F)c32)c1-c1ccc(-c2nc(C(C)(C)C)nc(C(C)(C)C)n2)c[n+]1C.Cc1ccc2c(oc3nc(F)ccc32)c1-c1ccc(-c2ccccc2)c[n+]1C.Cc1ccc2c(oc3nc(F)ccc32)c1-c1ccc(-c2nc(C(C)(C)C)nc(C(C)(C)C)n2)c[n+]1C.Cc1nc(C)nc(-c2ccc(-c3c(C)ccc4c3oc3nc(F)cc(F)c34)[n+](C)c2)n1. The fraction of sp³-hybridized carbons (Fsp3) is 0.248. The number of hydrogen-bond donors (Lipinski definition) is 0. The number of aryl methyl sites for hydroxylation is 10. The number of hydrogen-bond acceptors (Lipinski definition) is 17. The maximum Gasteiger partial charge on any atom is 0.232 e. The molecule has 0 aliphatic carbocycles. The van der Waals surface area contributed by atoms with Crippen LogP contribution in [0.15, 0.2) is 206 Å². The van der Waals surface area contributed by atoms with E-state index in [4.69, 9.17) is 47.6 Å². The van der Waals surface area contributed by atoms with Gasteiger partial charge in [0.1, 0.15) is 74.8 Å². The molecule has 0 amide bonds. The fourth-order valence-corrected chi connectivity index (χ4v) is 16.4. The molecule has 664 valence electrons. The van der Waals surface area contributed by atoms with Crippen molar-refractivity contribution in [3.63, 3.8) is 0 Å². The van der Waals surface area contributed by atoms with Crippen molar-refractivity contribution in [2.45, 2.75) is 146 Å². The van der Waals surface area contributed by atoms with Crippen LogP contribution in [-0.4, -0.2) is 64.8 Å². The molecule has 15 heterocycles. The van der Waals surface area contributed by atoms with E-state index in [2.05, 4.69) is 183 Å². The minimum atomic E-state index is -0.918. The van der Waals surface area contributed by atoms with Crippen molar-refractivity contribution >= 4 is 88.3 Å². The van der Waals surface area contributed by atoms with E-state index in [-0.39, 0.29) is 43.9 Å². The number of halogens is 6. The first-order valence-corrected chi connectivity index (χ1v) is 43.1. The summed E-state index contributed by atoms with van der Waals surface area (Å²) in [5.74, 6) is 1.83. The molecule has 21 nitrogen and oxygen atoms in total. The second-order valence-electron chi connectivity index (χ2n) is 37.5. The minimum absolute atomic E-state index is 0.0604. The lowest BCUT2D eigenvalue weighted by atomic mass is 9.93. The van der Waals surface area contributed by atoms with E-state index in [0.717, 1.165) is 152 Å². The van der Waals surface area contributed by atoms with Gasteiger partial charge in [-0.15, -0.1) is 0 Å². The van der Waals surface area contributed by atoms with Crippen molar-refractivity contribution in [3.8, 4) is 90.3 Å². The minimum Gasteiger partial charge on any atom is -0.437 e. The third-order valence-electron chi connectivity index (χ3n) is 23.1. The highest BCUT2D eigenvalue weighted by molar-refractivity contribution is 6.12. The zero-order chi connectivity index (χ0) is 94.0. The molecular formula is C105H97F6N17O4+4. The van der Waals surface area contributed by atoms with E-state index in [9.17, 15) is 26.3 Å². The standard InChI is InChI=1S/C29H30F2N5O.C29H31FN5O.C24H18FN2O.C23H18F2N5O/c1-15-9-11-17-22-18(30)13-20(31)32-25(22)37-23(17)21(15)19-12-10-16(14-36(19)8)24-33-26(28(2,3)4)35-27(34-24)29(5,6)7;1-16-9-11-18-19-12-14-21(30)31-25(19)36-23(18)22(16)20-13-10-17(15-35(20)8)24-32-26(28(2,3)4)34-27(33-24)29(5,6)7;1-15-8-10-18-19-11-13-21(25)26-24(19)28-23(18)22(15)20-12-9-17(14-27(20)2)16-6-4-3-5-7-16;1-11-5-7-15-20-16(24)9-18(25)29-23(20)31-21(15)19(11)17-8-6-14(10-30(17)4)22-27-12(2)26-13(3)28-22/h9-14H,1-8H3;9-15H,1-8H3;3-14H,1-2H3;5-10H,1-4H3/q4*+1. The number of aromatic nitrogens is 17. The molecule has 15 aromatic heterocycles. The van der Waals surface area contributed by atoms with Crippen LogP contribution in [0.3, 0.4) is 0 Å². The summed E-state index contributed by atoms with van der Waals surface area (Å²) in [6, 6.07) is 49.6. The number of nitrogens with zero attached hydrogens (tertiary/aromatic N) is 17. The second kappa shape index (κ2) is 33.9. The van der Waals surface area contributed by atoms with Crippen LogP contribution in [0.1, 0.15) is 140 Å². The molecule has 20 rings (SSSR count). The summed E-state index contributed by atoms with van der Waals surface area (Å²) in [5.41, 5.74) is 18.0. The van der Waals surface area contributed by atoms with Crippen molar-refractivity contribution in [2.24, 2.45) is 28.2 Å². The van der Waals surface area contributed by atoms with Crippen molar-refractivity contribution in [1.82, 2.24) is 64.8 Å². The summed E-state index contributed by atoms with van der Waals surface area (Å²) >= 11 is 0. The normalized spacial score (nSPS) is 12.1. The third kappa shape index (κ3) is 17.2. The Balaban J connectivity index is 0.000000124. The fourth-order valence-electron chi connectivity index (χ4n) is 16.4. The van der Waals surface area contributed by atoms with Crippen molar-refractivity contribution in [3.05, 3.63) is 281 Å². The molecule has 0 aliphatic heterocycles.